The molecule has 1 aromatic heterocycles. The highest BCUT2D eigenvalue weighted by Crippen LogP contribution is 2.15. The van der Waals surface area contributed by atoms with Crippen molar-refractivity contribution in [3.05, 3.63) is 17.8 Å². The van der Waals surface area contributed by atoms with Gasteiger partial charge in [0.1, 0.15) is 5.82 Å². The second kappa shape index (κ2) is 3.95. The summed E-state index contributed by atoms with van der Waals surface area (Å²) in [6, 6.07) is 3.37. The number of esters is 1. The molecule has 0 saturated heterocycles. The number of methoxy groups -OCH3 is 1. The van der Waals surface area contributed by atoms with E-state index in [9.17, 15) is 4.79 Å². The first-order valence-electron chi connectivity index (χ1n) is 4.08. The maximum Gasteiger partial charge on any atom is 0.358 e. The van der Waals surface area contributed by atoms with Gasteiger partial charge in [0.05, 0.1) is 12.8 Å². The third-order valence-electron chi connectivity index (χ3n) is 1.75. The third kappa shape index (κ3) is 1.93. The van der Waals surface area contributed by atoms with Crippen molar-refractivity contribution in [3.63, 3.8) is 0 Å². The normalized spacial score (nSPS) is 9.64. The van der Waals surface area contributed by atoms with Gasteiger partial charge in [0.2, 0.25) is 0 Å². The zero-order chi connectivity index (χ0) is 10.7. The highest BCUT2D eigenvalue weighted by atomic mass is 16.5. The van der Waals surface area contributed by atoms with Crippen LogP contribution in [-0.4, -0.2) is 32.2 Å². The van der Waals surface area contributed by atoms with E-state index in [1.54, 1.807) is 17.0 Å². The molecule has 0 aliphatic carbocycles. The molecule has 0 aromatic carbocycles. The molecule has 1 heterocycles. The van der Waals surface area contributed by atoms with E-state index in [0.29, 0.717) is 11.5 Å². The summed E-state index contributed by atoms with van der Waals surface area (Å²) in [6.07, 6.45) is 0. The Morgan fingerprint density at radius 3 is 2.64 bits per heavy atom. The molecule has 76 valence electrons. The average molecular weight is 195 g/mol. The van der Waals surface area contributed by atoms with Crippen LogP contribution in [0, 0.1) is 0 Å². The molecule has 0 amide bonds. The number of anilines is 2. The van der Waals surface area contributed by atoms with Crippen LogP contribution >= 0.6 is 0 Å². The van der Waals surface area contributed by atoms with Gasteiger partial charge in [-0.05, 0) is 12.1 Å². The van der Waals surface area contributed by atoms with Gasteiger partial charge >= 0.3 is 5.97 Å². The van der Waals surface area contributed by atoms with E-state index in [0.717, 1.165) is 0 Å². The SMILES string of the molecule is COC(=O)c1nc(N(C)C)ccc1N. The van der Waals surface area contributed by atoms with E-state index in [-0.39, 0.29) is 5.69 Å². The molecule has 0 fully saturated rings. The van der Waals surface area contributed by atoms with Crippen LogP contribution in [0.3, 0.4) is 0 Å². The zero-order valence-electron chi connectivity index (χ0n) is 8.44. The summed E-state index contributed by atoms with van der Waals surface area (Å²) in [5, 5.41) is 0. The van der Waals surface area contributed by atoms with Crippen LogP contribution in [0.4, 0.5) is 11.5 Å². The van der Waals surface area contributed by atoms with Crippen LogP contribution in [0.25, 0.3) is 0 Å². The van der Waals surface area contributed by atoms with Crippen molar-refractivity contribution >= 4 is 17.5 Å². The van der Waals surface area contributed by atoms with Gasteiger partial charge in [-0.3, -0.25) is 0 Å². The summed E-state index contributed by atoms with van der Waals surface area (Å²) in [6.45, 7) is 0. The number of pyridine rings is 1. The van der Waals surface area contributed by atoms with E-state index in [1.807, 2.05) is 14.1 Å². The topological polar surface area (TPSA) is 68.5 Å². The van der Waals surface area contributed by atoms with Crippen molar-refractivity contribution in [1.29, 1.82) is 0 Å². The van der Waals surface area contributed by atoms with Crippen LogP contribution in [-0.2, 0) is 4.74 Å². The number of nitrogens with zero attached hydrogens (tertiary/aromatic N) is 2. The van der Waals surface area contributed by atoms with Crippen molar-refractivity contribution < 1.29 is 9.53 Å². The molecule has 0 atom stereocenters. The second-order valence-corrected chi connectivity index (χ2v) is 2.99. The molecule has 5 nitrogen and oxygen atoms in total. The number of nitrogens with two attached hydrogens (primary N) is 1. The Morgan fingerprint density at radius 2 is 2.14 bits per heavy atom. The largest absolute Gasteiger partial charge is 0.464 e. The third-order valence-corrected chi connectivity index (χ3v) is 1.75. The Hall–Kier alpha value is -1.78. The average Bonchev–Trinajstić information content (AvgIpc) is 2.17. The number of carbonyl (C=O) groups excluding carboxylic acids is 1. The fraction of sp³-hybridized carbons (Fsp3) is 0.333. The van der Waals surface area contributed by atoms with Gasteiger partial charge in [0, 0.05) is 14.1 Å². The molecule has 5 heteroatoms. The lowest BCUT2D eigenvalue weighted by atomic mass is 10.3. The van der Waals surface area contributed by atoms with E-state index in [1.165, 1.54) is 7.11 Å². The molecule has 0 aliphatic heterocycles. The van der Waals surface area contributed by atoms with Gasteiger partial charge in [-0.2, -0.15) is 0 Å². The molecule has 1 rings (SSSR count). The Balaban J connectivity index is 3.15. The first-order valence-corrected chi connectivity index (χ1v) is 4.08. The summed E-state index contributed by atoms with van der Waals surface area (Å²) >= 11 is 0. The first-order chi connectivity index (χ1) is 6.56. The Kier molecular flexibility index (Phi) is 2.91. The number of carbonyl (C=O) groups is 1. The maximum absolute atomic E-state index is 11.2. The molecule has 0 unspecified atom stereocenters. The molecule has 0 aliphatic rings. The van der Waals surface area contributed by atoms with Crippen molar-refractivity contribution in [1.82, 2.24) is 4.98 Å². The lowest BCUT2D eigenvalue weighted by molar-refractivity contribution is 0.0595. The molecule has 14 heavy (non-hydrogen) atoms. The van der Waals surface area contributed by atoms with E-state index in [4.69, 9.17) is 5.73 Å². The summed E-state index contributed by atoms with van der Waals surface area (Å²) in [5.74, 6) is 0.144. The van der Waals surface area contributed by atoms with Gasteiger partial charge in [0.25, 0.3) is 0 Å². The number of ether oxygens (including phenoxy) is 1. The van der Waals surface area contributed by atoms with Crippen molar-refractivity contribution in [2.45, 2.75) is 0 Å². The maximum atomic E-state index is 11.2. The van der Waals surface area contributed by atoms with Crippen molar-refractivity contribution in [2.24, 2.45) is 0 Å². The number of hydrogen-bond acceptors (Lipinski definition) is 5. The Labute approximate surface area is 82.5 Å². The fourth-order valence-electron chi connectivity index (χ4n) is 0.969. The van der Waals surface area contributed by atoms with Crippen LogP contribution in [0.1, 0.15) is 10.5 Å². The monoisotopic (exact) mass is 195 g/mol. The minimum Gasteiger partial charge on any atom is -0.464 e. The van der Waals surface area contributed by atoms with Gasteiger partial charge in [0.15, 0.2) is 5.69 Å². The number of nitrogen functional groups attached to an aromatic ring is 1. The highest BCUT2D eigenvalue weighted by molar-refractivity contribution is 5.93. The summed E-state index contributed by atoms with van der Waals surface area (Å²) < 4.78 is 4.55. The van der Waals surface area contributed by atoms with Crippen molar-refractivity contribution in [2.75, 3.05) is 31.8 Å². The summed E-state index contributed by atoms with van der Waals surface area (Å²) in [4.78, 5) is 17.1. The van der Waals surface area contributed by atoms with Crippen LogP contribution in [0.5, 0.6) is 0 Å². The van der Waals surface area contributed by atoms with Gasteiger partial charge < -0.3 is 15.4 Å². The van der Waals surface area contributed by atoms with E-state index in [2.05, 4.69) is 9.72 Å². The molecular weight excluding hydrogens is 182 g/mol. The lowest BCUT2D eigenvalue weighted by Crippen LogP contribution is -2.15. The minimum absolute atomic E-state index is 0.152. The first kappa shape index (κ1) is 10.3. The lowest BCUT2D eigenvalue weighted by Gasteiger charge is -2.12. The van der Waals surface area contributed by atoms with E-state index >= 15 is 0 Å². The summed E-state index contributed by atoms with van der Waals surface area (Å²) in [7, 11) is 4.96. The molecule has 1 aromatic rings. The smallest absolute Gasteiger partial charge is 0.358 e. The fourth-order valence-corrected chi connectivity index (χ4v) is 0.969. The quantitative estimate of drug-likeness (QED) is 0.696. The molecule has 0 spiro atoms. The van der Waals surface area contributed by atoms with Gasteiger partial charge in [-0.1, -0.05) is 0 Å². The van der Waals surface area contributed by atoms with Crippen LogP contribution in [0.15, 0.2) is 12.1 Å². The molecular formula is C9H13N3O2. The zero-order valence-corrected chi connectivity index (χ0v) is 8.44. The van der Waals surface area contributed by atoms with E-state index < -0.39 is 5.97 Å². The molecule has 2 N–H and O–H groups in total. The van der Waals surface area contributed by atoms with Gasteiger partial charge in [-0.15, -0.1) is 0 Å². The second-order valence-electron chi connectivity index (χ2n) is 2.99. The van der Waals surface area contributed by atoms with Crippen LogP contribution in [0.2, 0.25) is 0 Å². The number of hydrogen-bond donors (Lipinski definition) is 1. The predicted molar refractivity (Wildman–Crippen MR) is 54.3 cm³/mol. The summed E-state index contributed by atoms with van der Waals surface area (Å²) in [5.41, 5.74) is 6.06. The molecule has 0 bridgehead atoms. The molecule has 0 saturated carbocycles. The predicted octanol–water partition coefficient (Wildman–Crippen LogP) is 0.516. The van der Waals surface area contributed by atoms with Crippen LogP contribution < -0.4 is 10.6 Å². The number of rotatable bonds is 2. The molecule has 0 radical (unpaired) electrons. The standard InChI is InChI=1S/C9H13N3O2/c1-12(2)7-5-4-6(10)8(11-7)9(13)14-3/h4-5H,10H2,1-3H3. The van der Waals surface area contributed by atoms with Crippen molar-refractivity contribution in [3.8, 4) is 0 Å². The Bertz CT molecular complexity index is 350. The van der Waals surface area contributed by atoms with Gasteiger partial charge in [-0.25, -0.2) is 9.78 Å². The minimum atomic E-state index is -0.522. The number of aromatic nitrogens is 1. The Morgan fingerprint density at radius 1 is 1.50 bits per heavy atom. The highest BCUT2D eigenvalue weighted by Gasteiger charge is 2.12.